The Balaban J connectivity index is 1.67. The summed E-state index contributed by atoms with van der Waals surface area (Å²) in [4.78, 5) is 15.9. The maximum atomic E-state index is 11.8. The molecule has 0 bridgehead atoms. The number of carbonyl (C=O) groups is 1. The standard InChI is InChI=1S/C15H23N3O/c1-12-9-16-8-7-13(12)10-17-11-15(19)18-14-5-3-2-4-6-14/h7-9,14,17H,2-6,10-11H2,1H3,(H,18,19). The molecule has 1 saturated carbocycles. The number of carbonyl (C=O) groups excluding carboxylic acids is 1. The second-order valence-corrected chi connectivity index (χ2v) is 5.31. The highest BCUT2D eigenvalue weighted by Crippen LogP contribution is 2.17. The number of hydrogen-bond acceptors (Lipinski definition) is 3. The molecule has 0 unspecified atom stereocenters. The van der Waals surface area contributed by atoms with Gasteiger partial charge in [-0.25, -0.2) is 0 Å². The lowest BCUT2D eigenvalue weighted by molar-refractivity contribution is -0.121. The monoisotopic (exact) mass is 261 g/mol. The van der Waals surface area contributed by atoms with Crippen molar-refractivity contribution in [3.05, 3.63) is 29.6 Å². The van der Waals surface area contributed by atoms with E-state index in [4.69, 9.17) is 0 Å². The van der Waals surface area contributed by atoms with Crippen molar-refractivity contribution in [3.63, 3.8) is 0 Å². The van der Waals surface area contributed by atoms with Crippen molar-refractivity contribution in [3.8, 4) is 0 Å². The van der Waals surface area contributed by atoms with Crippen LogP contribution in [0.4, 0.5) is 0 Å². The topological polar surface area (TPSA) is 54.0 Å². The molecule has 0 saturated heterocycles. The van der Waals surface area contributed by atoms with E-state index in [-0.39, 0.29) is 5.91 Å². The van der Waals surface area contributed by atoms with Crippen molar-refractivity contribution < 1.29 is 4.79 Å². The fourth-order valence-corrected chi connectivity index (χ4v) is 2.54. The summed E-state index contributed by atoms with van der Waals surface area (Å²) in [5.74, 6) is 0.110. The van der Waals surface area contributed by atoms with Gasteiger partial charge in [0.1, 0.15) is 0 Å². The maximum Gasteiger partial charge on any atom is 0.234 e. The van der Waals surface area contributed by atoms with Gasteiger partial charge in [0.2, 0.25) is 5.91 Å². The SMILES string of the molecule is Cc1cnccc1CNCC(=O)NC1CCCCC1. The molecular formula is C15H23N3O. The molecule has 1 aliphatic rings. The molecule has 1 amide bonds. The summed E-state index contributed by atoms with van der Waals surface area (Å²) < 4.78 is 0. The predicted molar refractivity (Wildman–Crippen MR) is 75.7 cm³/mol. The third-order valence-corrected chi connectivity index (χ3v) is 3.71. The molecule has 0 aliphatic heterocycles. The number of pyridine rings is 1. The zero-order valence-electron chi connectivity index (χ0n) is 11.6. The van der Waals surface area contributed by atoms with Crippen LogP contribution < -0.4 is 10.6 Å². The average Bonchev–Trinajstić information content (AvgIpc) is 2.42. The largest absolute Gasteiger partial charge is 0.352 e. The van der Waals surface area contributed by atoms with E-state index in [1.165, 1.54) is 24.8 Å². The minimum atomic E-state index is 0.110. The molecule has 1 heterocycles. The zero-order valence-corrected chi connectivity index (χ0v) is 11.6. The first-order chi connectivity index (χ1) is 9.25. The van der Waals surface area contributed by atoms with Crippen LogP contribution in [0.2, 0.25) is 0 Å². The molecule has 0 atom stereocenters. The molecule has 2 N–H and O–H groups in total. The smallest absolute Gasteiger partial charge is 0.234 e. The molecule has 1 aromatic rings. The van der Waals surface area contributed by atoms with Gasteiger partial charge in [0.05, 0.1) is 6.54 Å². The molecule has 0 spiro atoms. The van der Waals surface area contributed by atoms with E-state index in [2.05, 4.69) is 15.6 Å². The molecule has 0 radical (unpaired) electrons. The first-order valence-corrected chi connectivity index (χ1v) is 7.15. The van der Waals surface area contributed by atoms with Gasteiger partial charge in [-0.15, -0.1) is 0 Å². The lowest BCUT2D eigenvalue weighted by Crippen LogP contribution is -2.41. The maximum absolute atomic E-state index is 11.8. The van der Waals surface area contributed by atoms with Gasteiger partial charge in [-0.2, -0.15) is 0 Å². The van der Waals surface area contributed by atoms with Crippen LogP contribution >= 0.6 is 0 Å². The van der Waals surface area contributed by atoms with Gasteiger partial charge in [-0.05, 0) is 37.0 Å². The Hall–Kier alpha value is -1.42. The third kappa shape index (κ3) is 4.63. The Bertz CT molecular complexity index is 414. The molecule has 4 heteroatoms. The van der Waals surface area contributed by atoms with E-state index in [1.807, 2.05) is 19.2 Å². The molecule has 1 aliphatic carbocycles. The number of nitrogens with one attached hydrogen (secondary N) is 2. The third-order valence-electron chi connectivity index (χ3n) is 3.71. The average molecular weight is 261 g/mol. The zero-order chi connectivity index (χ0) is 13.5. The van der Waals surface area contributed by atoms with E-state index in [1.54, 1.807) is 6.20 Å². The summed E-state index contributed by atoms with van der Waals surface area (Å²) in [5.41, 5.74) is 2.35. The van der Waals surface area contributed by atoms with Gasteiger partial charge >= 0.3 is 0 Å². The molecule has 1 aromatic heterocycles. The van der Waals surface area contributed by atoms with Crippen LogP contribution in [-0.4, -0.2) is 23.5 Å². The van der Waals surface area contributed by atoms with Crippen molar-refractivity contribution in [1.29, 1.82) is 0 Å². The first-order valence-electron chi connectivity index (χ1n) is 7.15. The fraction of sp³-hybridized carbons (Fsp3) is 0.600. The summed E-state index contributed by atoms with van der Waals surface area (Å²) >= 11 is 0. The van der Waals surface area contributed by atoms with Gasteiger partial charge < -0.3 is 10.6 Å². The van der Waals surface area contributed by atoms with Gasteiger partial charge in [-0.3, -0.25) is 9.78 Å². The lowest BCUT2D eigenvalue weighted by Gasteiger charge is -2.22. The molecule has 104 valence electrons. The van der Waals surface area contributed by atoms with Gasteiger partial charge in [0, 0.05) is 25.0 Å². The highest BCUT2D eigenvalue weighted by Gasteiger charge is 2.15. The van der Waals surface area contributed by atoms with Gasteiger partial charge in [-0.1, -0.05) is 19.3 Å². The van der Waals surface area contributed by atoms with E-state index < -0.39 is 0 Å². The minimum absolute atomic E-state index is 0.110. The summed E-state index contributed by atoms with van der Waals surface area (Å²) in [5, 5.41) is 6.30. The number of amides is 1. The predicted octanol–water partition coefficient (Wildman–Crippen LogP) is 1.93. The second-order valence-electron chi connectivity index (χ2n) is 5.31. The summed E-state index contributed by atoms with van der Waals surface area (Å²) in [6.07, 6.45) is 9.70. The van der Waals surface area contributed by atoms with Crippen molar-refractivity contribution in [2.75, 3.05) is 6.54 Å². The normalized spacial score (nSPS) is 16.3. The molecule has 0 aromatic carbocycles. The summed E-state index contributed by atoms with van der Waals surface area (Å²) in [6, 6.07) is 2.38. The van der Waals surface area contributed by atoms with Crippen molar-refractivity contribution in [2.24, 2.45) is 0 Å². The van der Waals surface area contributed by atoms with Crippen LogP contribution in [0.15, 0.2) is 18.5 Å². The van der Waals surface area contributed by atoms with E-state index in [0.717, 1.165) is 18.4 Å². The number of hydrogen-bond donors (Lipinski definition) is 2. The van der Waals surface area contributed by atoms with Crippen LogP contribution in [0.25, 0.3) is 0 Å². The van der Waals surface area contributed by atoms with E-state index in [9.17, 15) is 4.79 Å². The second kappa shape index (κ2) is 7.24. The molecule has 19 heavy (non-hydrogen) atoms. The molecular weight excluding hydrogens is 238 g/mol. The van der Waals surface area contributed by atoms with Crippen LogP contribution in [-0.2, 0) is 11.3 Å². The number of aryl methyl sites for hydroxylation is 1. The molecule has 4 nitrogen and oxygen atoms in total. The Kier molecular flexibility index (Phi) is 5.33. The number of aromatic nitrogens is 1. The summed E-state index contributed by atoms with van der Waals surface area (Å²) in [6.45, 7) is 3.14. The Morgan fingerprint density at radius 3 is 2.89 bits per heavy atom. The Morgan fingerprint density at radius 2 is 2.16 bits per heavy atom. The van der Waals surface area contributed by atoms with E-state index in [0.29, 0.717) is 19.1 Å². The van der Waals surface area contributed by atoms with E-state index >= 15 is 0 Å². The van der Waals surface area contributed by atoms with Crippen molar-refractivity contribution in [2.45, 2.75) is 51.6 Å². The van der Waals surface area contributed by atoms with Crippen LogP contribution in [0.3, 0.4) is 0 Å². The highest BCUT2D eigenvalue weighted by molar-refractivity contribution is 5.78. The van der Waals surface area contributed by atoms with Crippen LogP contribution in [0, 0.1) is 6.92 Å². The number of rotatable bonds is 5. The van der Waals surface area contributed by atoms with Gasteiger partial charge in [0.25, 0.3) is 0 Å². The quantitative estimate of drug-likeness (QED) is 0.851. The lowest BCUT2D eigenvalue weighted by atomic mass is 9.95. The Morgan fingerprint density at radius 1 is 1.37 bits per heavy atom. The fourth-order valence-electron chi connectivity index (χ4n) is 2.54. The van der Waals surface area contributed by atoms with Gasteiger partial charge in [0.15, 0.2) is 0 Å². The first kappa shape index (κ1) is 14.0. The molecule has 2 rings (SSSR count). The molecule has 1 fully saturated rings. The van der Waals surface area contributed by atoms with Crippen molar-refractivity contribution in [1.82, 2.24) is 15.6 Å². The summed E-state index contributed by atoms with van der Waals surface area (Å²) in [7, 11) is 0. The van der Waals surface area contributed by atoms with Crippen LogP contribution in [0.1, 0.15) is 43.2 Å². The van der Waals surface area contributed by atoms with Crippen molar-refractivity contribution >= 4 is 5.91 Å². The van der Waals surface area contributed by atoms with Crippen LogP contribution in [0.5, 0.6) is 0 Å². The minimum Gasteiger partial charge on any atom is -0.352 e. The number of nitrogens with zero attached hydrogens (tertiary/aromatic N) is 1. The Labute approximate surface area is 115 Å². The highest BCUT2D eigenvalue weighted by atomic mass is 16.1.